The van der Waals surface area contributed by atoms with Gasteiger partial charge in [-0.2, -0.15) is 0 Å². The molecular formula is C24H25N7O2S. The molecule has 1 aliphatic rings. The molecule has 10 heteroatoms. The maximum atomic E-state index is 12.2. The number of anilines is 3. The van der Waals surface area contributed by atoms with Gasteiger partial charge in [-0.05, 0) is 37.3 Å². The highest BCUT2D eigenvalue weighted by Crippen LogP contribution is 2.30. The highest BCUT2D eigenvalue weighted by Gasteiger charge is 2.27. The van der Waals surface area contributed by atoms with Crippen molar-refractivity contribution in [2.24, 2.45) is 0 Å². The molecule has 5 heterocycles. The van der Waals surface area contributed by atoms with Crippen LogP contribution in [0.4, 0.5) is 16.6 Å². The predicted molar refractivity (Wildman–Crippen MR) is 133 cm³/mol. The van der Waals surface area contributed by atoms with E-state index in [1.807, 2.05) is 41.3 Å². The fourth-order valence-electron chi connectivity index (χ4n) is 4.11. The van der Waals surface area contributed by atoms with E-state index in [4.69, 9.17) is 9.72 Å². The van der Waals surface area contributed by atoms with Gasteiger partial charge in [-0.25, -0.2) is 15.0 Å². The number of rotatable bonds is 6. The molecule has 0 aromatic carbocycles. The number of methoxy groups -OCH3 is 1. The number of ether oxygens (including phenoxy) is 1. The van der Waals surface area contributed by atoms with Crippen molar-refractivity contribution in [3.05, 3.63) is 55.0 Å². The lowest BCUT2D eigenvalue weighted by Crippen LogP contribution is -2.54. The summed E-state index contributed by atoms with van der Waals surface area (Å²) in [6.45, 7) is 4.33. The molecule has 1 atom stereocenters. The maximum Gasteiger partial charge on any atom is 0.248 e. The standard InChI is InChI=1S/C24H25N7O2S/c1-16-14-30(22(32)15-33-2)11-12-31(16)18-7-10-26-21(13-18)29-24-28-20-4-3-19(27-23(20)34-24)17-5-8-25-9-6-17/h3-10,13,16H,11-12,14-15H2,1-2H3,(H,26,28,29). The van der Waals surface area contributed by atoms with Gasteiger partial charge in [-0.3, -0.25) is 9.78 Å². The Morgan fingerprint density at radius 2 is 2.00 bits per heavy atom. The molecule has 0 aliphatic carbocycles. The van der Waals surface area contributed by atoms with Crippen molar-refractivity contribution in [1.82, 2.24) is 24.8 Å². The number of carbonyl (C=O) groups excluding carboxylic acids is 1. The Labute approximate surface area is 201 Å². The number of aromatic nitrogens is 4. The van der Waals surface area contributed by atoms with E-state index in [0.717, 1.165) is 44.8 Å². The van der Waals surface area contributed by atoms with Crippen LogP contribution in [-0.4, -0.2) is 70.1 Å². The molecule has 1 fully saturated rings. The first-order chi connectivity index (χ1) is 16.6. The molecule has 0 bridgehead atoms. The number of nitrogens with zero attached hydrogens (tertiary/aromatic N) is 6. The highest BCUT2D eigenvalue weighted by molar-refractivity contribution is 7.21. The van der Waals surface area contributed by atoms with Crippen molar-refractivity contribution < 1.29 is 9.53 Å². The van der Waals surface area contributed by atoms with Gasteiger partial charge in [0.25, 0.3) is 0 Å². The second-order valence-electron chi connectivity index (χ2n) is 8.12. The molecule has 1 saturated heterocycles. The van der Waals surface area contributed by atoms with Crippen molar-refractivity contribution in [2.75, 3.05) is 43.6 Å². The second kappa shape index (κ2) is 9.70. The molecule has 9 nitrogen and oxygen atoms in total. The summed E-state index contributed by atoms with van der Waals surface area (Å²) in [4.78, 5) is 35.2. The van der Waals surface area contributed by atoms with Crippen LogP contribution in [0.1, 0.15) is 6.92 Å². The maximum absolute atomic E-state index is 12.2. The normalized spacial score (nSPS) is 16.1. The van der Waals surface area contributed by atoms with E-state index in [1.54, 1.807) is 25.7 Å². The molecule has 1 aliphatic heterocycles. The van der Waals surface area contributed by atoms with Crippen molar-refractivity contribution in [3.8, 4) is 11.3 Å². The van der Waals surface area contributed by atoms with E-state index in [9.17, 15) is 4.79 Å². The third kappa shape index (κ3) is 4.68. The van der Waals surface area contributed by atoms with Gasteiger partial charge in [0.1, 0.15) is 22.8 Å². The quantitative estimate of drug-likeness (QED) is 0.452. The number of piperazine rings is 1. The molecule has 0 saturated carbocycles. The molecular weight excluding hydrogens is 450 g/mol. The highest BCUT2D eigenvalue weighted by atomic mass is 32.1. The number of amides is 1. The van der Waals surface area contributed by atoms with Crippen LogP contribution in [0.3, 0.4) is 0 Å². The summed E-state index contributed by atoms with van der Waals surface area (Å²) < 4.78 is 4.99. The molecule has 34 heavy (non-hydrogen) atoms. The Morgan fingerprint density at radius 1 is 1.15 bits per heavy atom. The summed E-state index contributed by atoms with van der Waals surface area (Å²) >= 11 is 1.49. The van der Waals surface area contributed by atoms with Crippen molar-refractivity contribution in [2.45, 2.75) is 13.0 Å². The zero-order valence-electron chi connectivity index (χ0n) is 19.0. The number of thiazole rings is 1. The fourth-order valence-corrected chi connectivity index (χ4v) is 4.96. The topological polar surface area (TPSA) is 96.4 Å². The third-order valence-electron chi connectivity index (χ3n) is 5.79. The van der Waals surface area contributed by atoms with Gasteiger partial charge in [0.05, 0.1) is 5.69 Å². The van der Waals surface area contributed by atoms with Crippen molar-refractivity contribution in [3.63, 3.8) is 0 Å². The summed E-state index contributed by atoms with van der Waals surface area (Å²) in [5, 5.41) is 4.07. The van der Waals surface area contributed by atoms with Gasteiger partial charge in [0, 0.05) is 68.7 Å². The number of carbonyl (C=O) groups is 1. The summed E-state index contributed by atoms with van der Waals surface area (Å²) in [7, 11) is 1.55. The van der Waals surface area contributed by atoms with Crippen LogP contribution in [0.2, 0.25) is 0 Å². The summed E-state index contributed by atoms with van der Waals surface area (Å²) in [5.74, 6) is 0.749. The molecule has 1 N–H and O–H groups in total. The Hall–Kier alpha value is -3.63. The van der Waals surface area contributed by atoms with Crippen LogP contribution in [0.15, 0.2) is 55.0 Å². The molecule has 0 spiro atoms. The smallest absolute Gasteiger partial charge is 0.248 e. The molecule has 4 aromatic rings. The second-order valence-corrected chi connectivity index (χ2v) is 9.09. The van der Waals surface area contributed by atoms with Gasteiger partial charge >= 0.3 is 0 Å². The van der Waals surface area contributed by atoms with Crippen LogP contribution in [0.5, 0.6) is 0 Å². The van der Waals surface area contributed by atoms with Crippen molar-refractivity contribution in [1.29, 1.82) is 0 Å². The van der Waals surface area contributed by atoms with Crippen LogP contribution in [0.25, 0.3) is 21.6 Å². The average molecular weight is 476 g/mol. The molecule has 1 amide bonds. The van der Waals surface area contributed by atoms with Gasteiger partial charge in [0.15, 0.2) is 5.13 Å². The van der Waals surface area contributed by atoms with Gasteiger partial charge in [0.2, 0.25) is 5.91 Å². The first-order valence-corrected chi connectivity index (χ1v) is 11.9. The summed E-state index contributed by atoms with van der Waals surface area (Å²) in [6, 6.07) is 12.0. The Kier molecular flexibility index (Phi) is 6.33. The van der Waals surface area contributed by atoms with E-state index >= 15 is 0 Å². The van der Waals surface area contributed by atoms with Gasteiger partial charge < -0.3 is 19.9 Å². The summed E-state index contributed by atoms with van der Waals surface area (Å²) in [6.07, 6.45) is 5.31. The number of hydrogen-bond acceptors (Lipinski definition) is 9. The number of nitrogens with one attached hydrogen (secondary N) is 1. The van der Waals surface area contributed by atoms with E-state index < -0.39 is 0 Å². The van der Waals surface area contributed by atoms with Crippen LogP contribution < -0.4 is 10.2 Å². The molecule has 5 rings (SSSR count). The van der Waals surface area contributed by atoms with Crippen molar-refractivity contribution >= 4 is 44.2 Å². The first-order valence-electron chi connectivity index (χ1n) is 11.0. The van der Waals surface area contributed by atoms with Crippen LogP contribution >= 0.6 is 11.3 Å². The first kappa shape index (κ1) is 22.2. The average Bonchev–Trinajstić information content (AvgIpc) is 3.26. The largest absolute Gasteiger partial charge is 0.375 e. The summed E-state index contributed by atoms with van der Waals surface area (Å²) in [5.41, 5.74) is 3.81. The Balaban J connectivity index is 1.31. The van der Waals surface area contributed by atoms with E-state index in [-0.39, 0.29) is 18.6 Å². The predicted octanol–water partition coefficient (Wildman–Crippen LogP) is 3.58. The van der Waals surface area contributed by atoms with Crippen LogP contribution in [-0.2, 0) is 9.53 Å². The Bertz CT molecular complexity index is 1300. The molecule has 0 radical (unpaired) electrons. The van der Waals surface area contributed by atoms with Crippen LogP contribution in [0, 0.1) is 0 Å². The minimum absolute atomic E-state index is 0.0302. The molecule has 4 aromatic heterocycles. The van der Waals surface area contributed by atoms with Gasteiger partial charge in [-0.15, -0.1) is 0 Å². The fraction of sp³-hybridized carbons (Fsp3) is 0.292. The zero-order chi connectivity index (χ0) is 23.5. The van der Waals surface area contributed by atoms with Gasteiger partial charge in [-0.1, -0.05) is 11.3 Å². The third-order valence-corrected chi connectivity index (χ3v) is 6.67. The number of hydrogen-bond donors (Lipinski definition) is 1. The SMILES string of the molecule is COCC(=O)N1CCN(c2ccnc(Nc3nc4ccc(-c5ccncc5)nc4s3)c2)C(C)C1. The van der Waals surface area contributed by atoms with E-state index in [1.165, 1.54) is 11.3 Å². The number of fused-ring (bicyclic) bond motifs is 1. The lowest BCUT2D eigenvalue weighted by molar-refractivity contribution is -0.135. The molecule has 1 unspecified atom stereocenters. The number of pyridine rings is 3. The van der Waals surface area contributed by atoms with E-state index in [2.05, 4.69) is 32.1 Å². The minimum Gasteiger partial charge on any atom is -0.375 e. The minimum atomic E-state index is 0.0302. The monoisotopic (exact) mass is 475 g/mol. The Morgan fingerprint density at radius 3 is 2.79 bits per heavy atom. The lowest BCUT2D eigenvalue weighted by atomic mass is 10.1. The molecule has 174 valence electrons. The lowest BCUT2D eigenvalue weighted by Gasteiger charge is -2.41. The zero-order valence-corrected chi connectivity index (χ0v) is 19.8. The van der Waals surface area contributed by atoms with E-state index in [0.29, 0.717) is 13.1 Å².